The summed E-state index contributed by atoms with van der Waals surface area (Å²) in [6.07, 6.45) is 3.83. The summed E-state index contributed by atoms with van der Waals surface area (Å²) < 4.78 is 0. The summed E-state index contributed by atoms with van der Waals surface area (Å²) in [6.45, 7) is 5.92. The molecule has 1 aromatic rings. The average molecular weight is 192 g/mol. The van der Waals surface area contributed by atoms with Crippen LogP contribution in [-0.4, -0.2) is 11.1 Å². The Morgan fingerprint density at radius 2 is 1.71 bits per heavy atom. The van der Waals surface area contributed by atoms with E-state index in [0.29, 0.717) is 5.56 Å². The van der Waals surface area contributed by atoms with Gasteiger partial charge in [0.15, 0.2) is 0 Å². The van der Waals surface area contributed by atoms with E-state index in [1.807, 2.05) is 32.9 Å². The van der Waals surface area contributed by atoms with Gasteiger partial charge in [-0.05, 0) is 24.6 Å². The zero-order chi connectivity index (χ0) is 11.0. The molecule has 0 aliphatic heterocycles. The van der Waals surface area contributed by atoms with Crippen molar-refractivity contribution in [2.75, 3.05) is 0 Å². The van der Waals surface area contributed by atoms with Crippen molar-refractivity contribution < 1.29 is 9.90 Å². The normalized spacial score (nSPS) is 9.36. The molecule has 0 aliphatic carbocycles. The zero-order valence-electron chi connectivity index (χ0n) is 8.82. The maximum absolute atomic E-state index is 10.5. The summed E-state index contributed by atoms with van der Waals surface area (Å²) in [5.41, 5.74) is 1.34. The first-order chi connectivity index (χ1) is 6.74. The van der Waals surface area contributed by atoms with Crippen LogP contribution in [-0.2, 0) is 0 Å². The van der Waals surface area contributed by atoms with Gasteiger partial charge < -0.3 is 5.11 Å². The van der Waals surface area contributed by atoms with Crippen LogP contribution in [0.2, 0.25) is 0 Å². The number of aromatic carboxylic acids is 1. The second kappa shape index (κ2) is 6.89. The van der Waals surface area contributed by atoms with Crippen LogP contribution in [0.1, 0.15) is 36.7 Å². The van der Waals surface area contributed by atoms with Crippen LogP contribution in [0.15, 0.2) is 30.3 Å². The first kappa shape index (κ1) is 12.4. The number of hydrogen-bond donors (Lipinski definition) is 1. The van der Waals surface area contributed by atoms with E-state index in [1.54, 1.807) is 24.3 Å². The number of benzene rings is 1. The number of hydrogen-bond acceptors (Lipinski definition) is 1. The molecule has 0 unspecified atom stereocenters. The van der Waals surface area contributed by atoms with E-state index in [-0.39, 0.29) is 0 Å². The molecule has 1 rings (SSSR count). The van der Waals surface area contributed by atoms with E-state index < -0.39 is 5.97 Å². The molecule has 0 bridgehead atoms. The fraction of sp³-hybridized carbons (Fsp3) is 0.250. The smallest absolute Gasteiger partial charge is 0.335 e. The lowest BCUT2D eigenvalue weighted by Crippen LogP contribution is -1.94. The quantitative estimate of drug-likeness (QED) is 0.779. The number of allylic oxidation sites excluding steroid dienone is 1. The lowest BCUT2D eigenvalue weighted by atomic mass is 10.1. The van der Waals surface area contributed by atoms with E-state index in [2.05, 4.69) is 0 Å². The minimum Gasteiger partial charge on any atom is -0.478 e. The van der Waals surface area contributed by atoms with Crippen molar-refractivity contribution in [1.82, 2.24) is 0 Å². The van der Waals surface area contributed by atoms with Crippen molar-refractivity contribution in [3.63, 3.8) is 0 Å². The zero-order valence-corrected chi connectivity index (χ0v) is 8.82. The summed E-state index contributed by atoms with van der Waals surface area (Å²) >= 11 is 0. The van der Waals surface area contributed by atoms with Gasteiger partial charge in [-0.15, -0.1) is 0 Å². The highest BCUT2D eigenvalue weighted by molar-refractivity contribution is 5.87. The highest BCUT2D eigenvalue weighted by Crippen LogP contribution is 2.05. The molecule has 0 amide bonds. The molecule has 0 saturated heterocycles. The molecule has 0 heterocycles. The fourth-order valence-electron chi connectivity index (χ4n) is 0.929. The summed E-state index contributed by atoms with van der Waals surface area (Å²) in [5.74, 6) is -0.887. The average Bonchev–Trinajstić information content (AvgIpc) is 2.22. The van der Waals surface area contributed by atoms with Crippen molar-refractivity contribution in [3.05, 3.63) is 41.5 Å². The lowest BCUT2D eigenvalue weighted by Gasteiger charge is -1.94. The van der Waals surface area contributed by atoms with Crippen LogP contribution in [0.3, 0.4) is 0 Å². The second-order valence-corrected chi connectivity index (χ2v) is 2.43. The first-order valence-electron chi connectivity index (χ1n) is 4.70. The number of carboxylic acid groups (broad SMARTS) is 1. The Bertz CT molecular complexity index is 297. The highest BCUT2D eigenvalue weighted by atomic mass is 16.4. The van der Waals surface area contributed by atoms with Gasteiger partial charge in [-0.2, -0.15) is 0 Å². The Morgan fingerprint density at radius 3 is 2.07 bits per heavy atom. The summed E-state index contributed by atoms with van der Waals surface area (Å²) in [7, 11) is 0. The molecule has 0 fully saturated rings. The van der Waals surface area contributed by atoms with Gasteiger partial charge in [0, 0.05) is 0 Å². The third kappa shape index (κ3) is 3.90. The number of rotatable bonds is 2. The van der Waals surface area contributed by atoms with E-state index in [1.165, 1.54) is 0 Å². The Labute approximate surface area is 84.9 Å². The predicted octanol–water partition coefficient (Wildman–Crippen LogP) is 3.44. The molecule has 0 saturated carbocycles. The van der Waals surface area contributed by atoms with Crippen molar-refractivity contribution >= 4 is 12.0 Å². The van der Waals surface area contributed by atoms with Crippen LogP contribution < -0.4 is 0 Å². The predicted molar refractivity (Wildman–Crippen MR) is 59.5 cm³/mol. The SMILES string of the molecule is C/C=C/c1ccc(C(=O)O)cc1.CC. The van der Waals surface area contributed by atoms with Gasteiger partial charge in [0.1, 0.15) is 0 Å². The first-order valence-corrected chi connectivity index (χ1v) is 4.70. The maximum Gasteiger partial charge on any atom is 0.335 e. The standard InChI is InChI=1S/C10H10O2.C2H6/c1-2-3-8-4-6-9(7-5-8)10(11)12;1-2/h2-7H,1H3,(H,11,12);1-2H3/b3-2+;. The fourth-order valence-corrected chi connectivity index (χ4v) is 0.929. The van der Waals surface area contributed by atoms with E-state index in [4.69, 9.17) is 5.11 Å². The van der Waals surface area contributed by atoms with Crippen LogP contribution in [0, 0.1) is 0 Å². The Balaban J connectivity index is 0.000000791. The van der Waals surface area contributed by atoms with Gasteiger partial charge in [0.25, 0.3) is 0 Å². The van der Waals surface area contributed by atoms with Crippen LogP contribution in [0.5, 0.6) is 0 Å². The largest absolute Gasteiger partial charge is 0.478 e. The molecule has 0 spiro atoms. The molecule has 0 radical (unpaired) electrons. The number of carbonyl (C=O) groups is 1. The van der Waals surface area contributed by atoms with Crippen molar-refractivity contribution in [2.24, 2.45) is 0 Å². The molecular formula is C12H16O2. The highest BCUT2D eigenvalue weighted by Gasteiger charge is 1.99. The molecule has 2 nitrogen and oxygen atoms in total. The van der Waals surface area contributed by atoms with Crippen LogP contribution >= 0.6 is 0 Å². The molecule has 0 aliphatic rings. The molecule has 0 aromatic heterocycles. The van der Waals surface area contributed by atoms with Gasteiger partial charge in [-0.1, -0.05) is 38.1 Å². The Morgan fingerprint density at radius 1 is 1.21 bits per heavy atom. The summed E-state index contributed by atoms with van der Waals surface area (Å²) in [4.78, 5) is 10.5. The molecule has 14 heavy (non-hydrogen) atoms. The lowest BCUT2D eigenvalue weighted by molar-refractivity contribution is 0.0697. The monoisotopic (exact) mass is 192 g/mol. The molecule has 76 valence electrons. The van der Waals surface area contributed by atoms with E-state index in [0.717, 1.165) is 5.56 Å². The minimum absolute atomic E-state index is 0.322. The summed E-state index contributed by atoms with van der Waals surface area (Å²) in [5, 5.41) is 8.59. The summed E-state index contributed by atoms with van der Waals surface area (Å²) in [6, 6.07) is 6.75. The third-order valence-electron chi connectivity index (χ3n) is 1.52. The molecule has 2 heteroatoms. The van der Waals surface area contributed by atoms with Gasteiger partial charge in [0.05, 0.1) is 5.56 Å². The van der Waals surface area contributed by atoms with Gasteiger partial charge in [-0.25, -0.2) is 4.79 Å². The molecular weight excluding hydrogens is 176 g/mol. The Hall–Kier alpha value is -1.57. The molecule has 1 aromatic carbocycles. The molecule has 0 atom stereocenters. The van der Waals surface area contributed by atoms with E-state index >= 15 is 0 Å². The van der Waals surface area contributed by atoms with Gasteiger partial charge >= 0.3 is 5.97 Å². The minimum atomic E-state index is -0.887. The van der Waals surface area contributed by atoms with E-state index in [9.17, 15) is 4.79 Å². The van der Waals surface area contributed by atoms with Crippen molar-refractivity contribution in [2.45, 2.75) is 20.8 Å². The second-order valence-electron chi connectivity index (χ2n) is 2.43. The van der Waals surface area contributed by atoms with Crippen LogP contribution in [0.25, 0.3) is 6.08 Å². The van der Waals surface area contributed by atoms with Crippen LogP contribution in [0.4, 0.5) is 0 Å². The maximum atomic E-state index is 10.5. The van der Waals surface area contributed by atoms with Gasteiger partial charge in [0.2, 0.25) is 0 Å². The Kier molecular flexibility index (Phi) is 6.12. The molecule has 1 N–H and O–H groups in total. The van der Waals surface area contributed by atoms with Gasteiger partial charge in [-0.3, -0.25) is 0 Å². The number of carboxylic acids is 1. The van der Waals surface area contributed by atoms with Crippen molar-refractivity contribution in [3.8, 4) is 0 Å². The third-order valence-corrected chi connectivity index (χ3v) is 1.52. The topological polar surface area (TPSA) is 37.3 Å². The van der Waals surface area contributed by atoms with Crippen molar-refractivity contribution in [1.29, 1.82) is 0 Å².